The van der Waals surface area contributed by atoms with E-state index in [0.717, 1.165) is 6.26 Å². The predicted molar refractivity (Wildman–Crippen MR) is 76.4 cm³/mol. The molecular formula is C13H8Cl2O6S. The molecule has 0 bridgehead atoms. The van der Waals surface area contributed by atoms with E-state index in [-0.39, 0.29) is 32.0 Å². The van der Waals surface area contributed by atoms with Crippen molar-refractivity contribution in [1.82, 2.24) is 0 Å². The summed E-state index contributed by atoms with van der Waals surface area (Å²) in [6, 6.07) is 2.57. The molecule has 1 unspecified atom stereocenters. The molecule has 2 aromatic rings. The van der Waals surface area contributed by atoms with E-state index in [1.54, 1.807) is 0 Å². The molecule has 0 fully saturated rings. The van der Waals surface area contributed by atoms with Crippen molar-refractivity contribution in [3.8, 4) is 5.75 Å². The average molecular weight is 363 g/mol. The van der Waals surface area contributed by atoms with Crippen molar-refractivity contribution in [2.75, 3.05) is 0 Å². The molecule has 1 aliphatic rings. The van der Waals surface area contributed by atoms with E-state index >= 15 is 0 Å². The van der Waals surface area contributed by atoms with Gasteiger partial charge in [-0.2, -0.15) is 0 Å². The minimum Gasteiger partial charge on any atom is -0.478 e. The quantitative estimate of drug-likeness (QED) is 0.901. The Hall–Kier alpha value is -1.70. The third-order valence-corrected chi connectivity index (χ3v) is 5.96. The van der Waals surface area contributed by atoms with Crippen molar-refractivity contribution >= 4 is 39.0 Å². The minimum atomic E-state index is -3.92. The number of fused-ring (bicyclic) bond motifs is 1. The zero-order chi connectivity index (χ0) is 16.1. The molecule has 116 valence electrons. The van der Waals surface area contributed by atoms with Crippen molar-refractivity contribution in [2.24, 2.45) is 0 Å². The molecule has 1 atom stereocenters. The first-order valence-corrected chi connectivity index (χ1v) is 8.24. The third-order valence-electron chi connectivity index (χ3n) is 3.24. The first kappa shape index (κ1) is 15.2. The van der Waals surface area contributed by atoms with Crippen LogP contribution in [0.3, 0.4) is 0 Å². The van der Waals surface area contributed by atoms with Crippen LogP contribution in [0, 0.1) is 0 Å². The highest BCUT2D eigenvalue weighted by Gasteiger charge is 2.35. The lowest BCUT2D eigenvalue weighted by molar-refractivity contribution is -0.144. The lowest BCUT2D eigenvalue weighted by Gasteiger charge is -2.10. The summed E-state index contributed by atoms with van der Waals surface area (Å²) in [5.41, 5.74) is 0.379. The summed E-state index contributed by atoms with van der Waals surface area (Å²) in [7, 11) is -3.92. The molecule has 0 aliphatic carbocycles. The average Bonchev–Trinajstić information content (AvgIpc) is 3.11. The Morgan fingerprint density at radius 3 is 2.64 bits per heavy atom. The number of carbonyl (C=O) groups is 1. The van der Waals surface area contributed by atoms with Crippen LogP contribution in [-0.2, 0) is 21.1 Å². The monoisotopic (exact) mass is 362 g/mol. The van der Waals surface area contributed by atoms with Crippen molar-refractivity contribution in [2.45, 2.75) is 22.3 Å². The fraction of sp³-hybridized carbons (Fsp3) is 0.154. The molecule has 0 amide bonds. The number of sulfone groups is 1. The molecule has 9 heteroatoms. The zero-order valence-corrected chi connectivity index (χ0v) is 13.1. The van der Waals surface area contributed by atoms with E-state index < -0.39 is 21.9 Å². The number of benzene rings is 1. The minimum absolute atomic E-state index is 0.00939. The second kappa shape index (κ2) is 5.19. The molecule has 1 aliphatic heterocycles. The predicted octanol–water partition coefficient (Wildman–Crippen LogP) is 2.81. The summed E-state index contributed by atoms with van der Waals surface area (Å²) in [6.07, 6.45) is 1.19. The van der Waals surface area contributed by atoms with Gasteiger partial charge in [0.25, 0.3) is 0 Å². The Balaban J connectivity index is 2.16. The van der Waals surface area contributed by atoms with Crippen molar-refractivity contribution in [3.63, 3.8) is 0 Å². The van der Waals surface area contributed by atoms with Crippen LogP contribution in [0.4, 0.5) is 0 Å². The number of carboxylic acids is 1. The zero-order valence-electron chi connectivity index (χ0n) is 10.7. The summed E-state index contributed by atoms with van der Waals surface area (Å²) in [5.74, 6) is -1.06. The molecule has 22 heavy (non-hydrogen) atoms. The van der Waals surface area contributed by atoms with Crippen LogP contribution in [0.2, 0.25) is 10.0 Å². The van der Waals surface area contributed by atoms with Crippen LogP contribution in [-0.4, -0.2) is 25.6 Å². The topological polar surface area (TPSA) is 93.8 Å². The molecule has 0 radical (unpaired) electrons. The number of furan rings is 1. The molecule has 0 saturated carbocycles. The number of rotatable bonds is 3. The maximum atomic E-state index is 12.5. The standard InChI is InChI=1S/C13H8Cl2O6S/c14-10-9(22(18,19)7-1-2-20-5-7)4-6-3-8(13(16)17)21-12(6)11(10)15/h1-2,4-5,8H,3H2,(H,16,17). The van der Waals surface area contributed by atoms with Crippen LogP contribution >= 0.6 is 23.2 Å². The second-order valence-electron chi connectivity index (χ2n) is 4.60. The molecule has 1 aromatic heterocycles. The van der Waals surface area contributed by atoms with Crippen molar-refractivity contribution in [3.05, 3.63) is 40.3 Å². The van der Waals surface area contributed by atoms with E-state index in [9.17, 15) is 13.2 Å². The fourth-order valence-electron chi connectivity index (χ4n) is 2.16. The summed E-state index contributed by atoms with van der Waals surface area (Å²) >= 11 is 12.1. The highest BCUT2D eigenvalue weighted by Crippen LogP contribution is 2.45. The lowest BCUT2D eigenvalue weighted by Crippen LogP contribution is -2.24. The molecule has 1 N–H and O–H groups in total. The van der Waals surface area contributed by atoms with E-state index in [0.29, 0.717) is 5.56 Å². The molecule has 2 heterocycles. The Bertz CT molecular complexity index is 857. The van der Waals surface area contributed by atoms with Gasteiger partial charge in [0, 0.05) is 12.0 Å². The summed E-state index contributed by atoms with van der Waals surface area (Å²) in [5, 5.41) is 8.66. The third kappa shape index (κ3) is 2.25. The molecule has 3 rings (SSSR count). The van der Waals surface area contributed by atoms with Crippen molar-refractivity contribution < 1.29 is 27.5 Å². The Morgan fingerprint density at radius 2 is 2.05 bits per heavy atom. The van der Waals surface area contributed by atoms with Crippen LogP contribution in [0.25, 0.3) is 0 Å². The van der Waals surface area contributed by atoms with Crippen LogP contribution in [0.15, 0.2) is 38.9 Å². The van der Waals surface area contributed by atoms with E-state index in [2.05, 4.69) is 0 Å². The first-order chi connectivity index (χ1) is 10.3. The van der Waals surface area contributed by atoms with Gasteiger partial charge in [-0.05, 0) is 12.1 Å². The molecule has 6 nitrogen and oxygen atoms in total. The van der Waals surface area contributed by atoms with Gasteiger partial charge in [-0.3, -0.25) is 0 Å². The summed E-state index contributed by atoms with van der Waals surface area (Å²) in [4.78, 5) is 10.7. The number of carboxylic acid groups (broad SMARTS) is 1. The molecule has 0 saturated heterocycles. The number of hydrogen-bond donors (Lipinski definition) is 1. The number of hydrogen-bond acceptors (Lipinski definition) is 5. The molecule has 1 aromatic carbocycles. The van der Waals surface area contributed by atoms with Gasteiger partial charge in [-0.1, -0.05) is 23.2 Å². The van der Waals surface area contributed by atoms with Gasteiger partial charge in [0.2, 0.25) is 9.84 Å². The normalized spacial score (nSPS) is 17.1. The SMILES string of the molecule is O=C(O)C1Cc2cc(S(=O)(=O)c3ccoc3)c(Cl)c(Cl)c2O1. The smallest absolute Gasteiger partial charge is 0.345 e. The number of ether oxygens (including phenoxy) is 1. The van der Waals surface area contributed by atoms with E-state index in [1.807, 2.05) is 0 Å². The van der Waals surface area contributed by atoms with Gasteiger partial charge in [-0.15, -0.1) is 0 Å². The van der Waals surface area contributed by atoms with Gasteiger partial charge in [0.15, 0.2) is 6.10 Å². The van der Waals surface area contributed by atoms with Gasteiger partial charge in [0.1, 0.15) is 21.9 Å². The first-order valence-electron chi connectivity index (χ1n) is 6.00. The Labute approximate surface area is 135 Å². The van der Waals surface area contributed by atoms with Gasteiger partial charge in [-0.25, -0.2) is 13.2 Å². The van der Waals surface area contributed by atoms with Crippen LogP contribution in [0.5, 0.6) is 5.75 Å². The summed E-state index contributed by atoms with van der Waals surface area (Å²) in [6.45, 7) is 0. The fourth-order valence-corrected chi connectivity index (χ4v) is 4.24. The molecular weight excluding hydrogens is 355 g/mol. The van der Waals surface area contributed by atoms with E-state index in [1.165, 1.54) is 18.4 Å². The number of halogens is 2. The van der Waals surface area contributed by atoms with Gasteiger partial charge < -0.3 is 14.3 Å². The van der Waals surface area contributed by atoms with E-state index in [4.69, 9.17) is 37.5 Å². The molecule has 0 spiro atoms. The Kier molecular flexibility index (Phi) is 3.58. The van der Waals surface area contributed by atoms with Crippen LogP contribution in [0.1, 0.15) is 5.56 Å². The highest BCUT2D eigenvalue weighted by molar-refractivity contribution is 7.91. The second-order valence-corrected chi connectivity index (χ2v) is 7.28. The maximum absolute atomic E-state index is 12.5. The van der Waals surface area contributed by atoms with Crippen LogP contribution < -0.4 is 4.74 Å². The maximum Gasteiger partial charge on any atom is 0.345 e. The number of aliphatic carboxylic acids is 1. The van der Waals surface area contributed by atoms with Gasteiger partial charge in [0.05, 0.1) is 16.2 Å². The largest absolute Gasteiger partial charge is 0.478 e. The Morgan fingerprint density at radius 1 is 1.32 bits per heavy atom. The lowest BCUT2D eigenvalue weighted by atomic mass is 10.1. The summed E-state index contributed by atoms with van der Waals surface area (Å²) < 4.78 is 35.0. The van der Waals surface area contributed by atoms with Gasteiger partial charge >= 0.3 is 5.97 Å². The van der Waals surface area contributed by atoms with Crippen molar-refractivity contribution in [1.29, 1.82) is 0 Å². The highest BCUT2D eigenvalue weighted by atomic mass is 35.5.